The van der Waals surface area contributed by atoms with Gasteiger partial charge in [-0.15, -0.1) is 0 Å². The van der Waals surface area contributed by atoms with E-state index in [-0.39, 0.29) is 5.92 Å². The number of nitrogens with zero attached hydrogens (tertiary/aromatic N) is 3. The van der Waals surface area contributed by atoms with Crippen LogP contribution in [0.5, 0.6) is 0 Å². The molecular formula is C56H43N3S. The van der Waals surface area contributed by atoms with E-state index in [1.54, 1.807) is 0 Å². The van der Waals surface area contributed by atoms with Crippen molar-refractivity contribution in [1.82, 2.24) is 15.0 Å². The topological polar surface area (TPSA) is 38.7 Å². The molecule has 3 atom stereocenters. The van der Waals surface area contributed by atoms with Crippen molar-refractivity contribution in [2.75, 3.05) is 0 Å². The van der Waals surface area contributed by atoms with Crippen molar-refractivity contribution < 1.29 is 0 Å². The average Bonchev–Trinajstić information content (AvgIpc) is 3.61. The molecule has 2 aromatic heterocycles. The van der Waals surface area contributed by atoms with Crippen molar-refractivity contribution in [2.24, 2.45) is 11.8 Å². The Morgan fingerprint density at radius 1 is 0.583 bits per heavy atom. The Morgan fingerprint density at radius 2 is 1.38 bits per heavy atom. The molecule has 4 heteroatoms. The molecule has 3 unspecified atom stereocenters. The van der Waals surface area contributed by atoms with Gasteiger partial charge in [-0.1, -0.05) is 176 Å². The number of hydrogen-bond donors (Lipinski definition) is 0. The van der Waals surface area contributed by atoms with E-state index < -0.39 is 5.41 Å². The minimum absolute atomic E-state index is 0.195. The summed E-state index contributed by atoms with van der Waals surface area (Å²) in [6.07, 6.45) is 28.2. The summed E-state index contributed by atoms with van der Waals surface area (Å²) in [6, 6.07) is 48.4. The van der Waals surface area contributed by atoms with Gasteiger partial charge in [-0.3, -0.25) is 4.98 Å². The number of thioether (sulfide) groups is 1. The van der Waals surface area contributed by atoms with E-state index in [1.165, 1.54) is 49.2 Å². The SMILES string of the molecule is C1=CCC(c2cc(-c3ccc4c(c3)C3(/C=C/C(C5C=CC(c6cccc7ncccc67)=CC5)C/C=C/S4)c4ccccc4-c4ccccc43)nc(-c3ccccc3)n2)C=C1. The van der Waals surface area contributed by atoms with Gasteiger partial charge in [-0.25, -0.2) is 9.97 Å². The molecule has 60 heavy (non-hydrogen) atoms. The van der Waals surface area contributed by atoms with Gasteiger partial charge in [-0.2, -0.15) is 0 Å². The highest BCUT2D eigenvalue weighted by Crippen LogP contribution is 2.56. The molecule has 0 radical (unpaired) electrons. The number of pyridine rings is 1. The molecule has 0 fully saturated rings. The lowest BCUT2D eigenvalue weighted by molar-refractivity contribution is 0.479. The van der Waals surface area contributed by atoms with Crippen LogP contribution in [-0.2, 0) is 5.41 Å². The third-order valence-electron chi connectivity index (χ3n) is 12.8. The number of rotatable bonds is 5. The molecule has 3 heterocycles. The van der Waals surface area contributed by atoms with Crippen LogP contribution in [0.3, 0.4) is 0 Å². The van der Waals surface area contributed by atoms with E-state index in [9.17, 15) is 0 Å². The Balaban J connectivity index is 1.05. The van der Waals surface area contributed by atoms with Gasteiger partial charge in [-0.05, 0) is 106 Å². The Morgan fingerprint density at radius 3 is 2.18 bits per heavy atom. The Kier molecular flexibility index (Phi) is 9.43. The maximum absolute atomic E-state index is 5.31. The highest BCUT2D eigenvalue weighted by molar-refractivity contribution is 8.02. The second-order valence-corrected chi connectivity index (χ2v) is 17.1. The molecule has 5 aromatic carbocycles. The molecule has 7 aromatic rings. The highest BCUT2D eigenvalue weighted by Gasteiger charge is 2.44. The van der Waals surface area contributed by atoms with Gasteiger partial charge in [0.15, 0.2) is 5.82 Å². The molecule has 0 saturated heterocycles. The molecule has 1 spiro atoms. The fourth-order valence-corrected chi connectivity index (χ4v) is 10.6. The molecule has 1 aliphatic heterocycles. The second-order valence-electron chi connectivity index (χ2n) is 16.2. The van der Waals surface area contributed by atoms with Crippen LogP contribution in [0.2, 0.25) is 0 Å². The first-order valence-electron chi connectivity index (χ1n) is 21.1. The van der Waals surface area contributed by atoms with Crippen molar-refractivity contribution in [2.45, 2.75) is 35.5 Å². The zero-order valence-electron chi connectivity index (χ0n) is 33.2. The number of aromatic nitrogens is 3. The molecule has 288 valence electrons. The normalized spacial score (nSPS) is 20.9. The van der Waals surface area contributed by atoms with Crippen LogP contribution in [-0.4, -0.2) is 15.0 Å². The first-order valence-corrected chi connectivity index (χ1v) is 22.0. The molecular weight excluding hydrogens is 747 g/mol. The van der Waals surface area contributed by atoms with Crippen molar-refractivity contribution >= 4 is 28.2 Å². The minimum atomic E-state index is -0.515. The van der Waals surface area contributed by atoms with E-state index in [1.807, 2.05) is 30.1 Å². The van der Waals surface area contributed by atoms with Crippen LogP contribution in [0.4, 0.5) is 0 Å². The van der Waals surface area contributed by atoms with Gasteiger partial charge in [0.2, 0.25) is 0 Å². The first kappa shape index (κ1) is 36.5. The number of allylic oxidation sites excluding steroid dienone is 11. The summed E-state index contributed by atoms with van der Waals surface area (Å²) < 4.78 is 0. The van der Waals surface area contributed by atoms with Crippen LogP contribution in [0, 0.1) is 11.8 Å². The zero-order chi connectivity index (χ0) is 39.9. The lowest BCUT2D eigenvalue weighted by Gasteiger charge is -2.33. The molecule has 4 aliphatic rings. The maximum atomic E-state index is 5.31. The van der Waals surface area contributed by atoms with Crippen molar-refractivity contribution in [3.63, 3.8) is 0 Å². The van der Waals surface area contributed by atoms with Crippen LogP contribution < -0.4 is 0 Å². The predicted molar refractivity (Wildman–Crippen MR) is 250 cm³/mol. The highest BCUT2D eigenvalue weighted by atomic mass is 32.2. The summed E-state index contributed by atoms with van der Waals surface area (Å²) in [7, 11) is 0. The fraction of sp³-hybridized carbons (Fsp3) is 0.125. The van der Waals surface area contributed by atoms with Crippen LogP contribution in [0.1, 0.15) is 53.1 Å². The third kappa shape index (κ3) is 6.43. The lowest BCUT2D eigenvalue weighted by atomic mass is 9.70. The zero-order valence-corrected chi connectivity index (χ0v) is 34.0. The van der Waals surface area contributed by atoms with Crippen molar-refractivity contribution in [3.05, 3.63) is 234 Å². The molecule has 0 saturated carbocycles. The average molecular weight is 790 g/mol. The van der Waals surface area contributed by atoms with Crippen LogP contribution in [0.25, 0.3) is 50.2 Å². The molecule has 11 rings (SSSR count). The smallest absolute Gasteiger partial charge is 0.160 e. The molecule has 0 amide bonds. The summed E-state index contributed by atoms with van der Waals surface area (Å²) in [5.74, 6) is 1.62. The van der Waals surface area contributed by atoms with Crippen LogP contribution in [0.15, 0.2) is 211 Å². The van der Waals surface area contributed by atoms with Gasteiger partial charge >= 0.3 is 0 Å². The molecule has 0 N–H and O–H groups in total. The van der Waals surface area contributed by atoms with Gasteiger partial charge in [0.25, 0.3) is 0 Å². The monoisotopic (exact) mass is 789 g/mol. The fourth-order valence-electron chi connectivity index (χ4n) is 9.76. The maximum Gasteiger partial charge on any atom is 0.160 e. The first-order chi connectivity index (χ1) is 29.7. The summed E-state index contributed by atoms with van der Waals surface area (Å²) in [6.45, 7) is 0. The van der Waals surface area contributed by atoms with E-state index in [2.05, 4.69) is 192 Å². The van der Waals surface area contributed by atoms with Gasteiger partial charge in [0.05, 0.1) is 22.3 Å². The lowest BCUT2D eigenvalue weighted by Crippen LogP contribution is -2.26. The number of benzene rings is 5. The molecule has 0 bridgehead atoms. The summed E-state index contributed by atoms with van der Waals surface area (Å²) in [4.78, 5) is 16.4. The van der Waals surface area contributed by atoms with E-state index in [0.29, 0.717) is 11.8 Å². The summed E-state index contributed by atoms with van der Waals surface area (Å²) >= 11 is 1.83. The van der Waals surface area contributed by atoms with E-state index in [0.717, 1.165) is 53.1 Å². The Bertz CT molecular complexity index is 2920. The second kappa shape index (κ2) is 15.5. The Hall–Kier alpha value is -6.62. The summed E-state index contributed by atoms with van der Waals surface area (Å²) in [5, 5.41) is 3.52. The third-order valence-corrected chi connectivity index (χ3v) is 13.7. The van der Waals surface area contributed by atoms with Gasteiger partial charge in [0.1, 0.15) is 0 Å². The van der Waals surface area contributed by atoms with Gasteiger partial charge in [0, 0.05) is 33.5 Å². The largest absolute Gasteiger partial charge is 0.256 e. The quantitative estimate of drug-likeness (QED) is 0.163. The van der Waals surface area contributed by atoms with Crippen molar-refractivity contribution in [1.29, 1.82) is 0 Å². The summed E-state index contributed by atoms with van der Waals surface area (Å²) in [5.41, 5.74) is 13.6. The molecule has 3 nitrogen and oxygen atoms in total. The number of hydrogen-bond acceptors (Lipinski definition) is 4. The van der Waals surface area contributed by atoms with E-state index in [4.69, 9.17) is 9.97 Å². The van der Waals surface area contributed by atoms with Crippen molar-refractivity contribution in [3.8, 4) is 33.8 Å². The van der Waals surface area contributed by atoms with Crippen LogP contribution >= 0.6 is 11.8 Å². The standard InChI is InChI=1S/C56H43N3S/c1-3-14-41(15-4-1)52-37-53(59-55(58-52)42-16-5-2-6-17-42)43-30-31-54-50(36-43)56(48-23-9-7-19-45(48)46-20-8-10-24-49(46)56)33-32-38(18-13-35-60-54)39-26-28-40(29-27-39)44-21-11-25-51-47(44)22-12-34-57-51/h1-14,16-17,19-26,28-39,41H,15,18,27H2/b33-32+,35-13+. The minimum Gasteiger partial charge on any atom is -0.256 e. The molecule has 3 aliphatic carbocycles. The Labute approximate surface area is 356 Å². The number of fused-ring (bicyclic) bond motifs is 8. The van der Waals surface area contributed by atoms with Gasteiger partial charge < -0.3 is 0 Å². The predicted octanol–water partition coefficient (Wildman–Crippen LogP) is 14.1. The van der Waals surface area contributed by atoms with E-state index >= 15 is 0 Å².